The van der Waals surface area contributed by atoms with E-state index in [4.69, 9.17) is 0 Å². The first-order valence-corrected chi connectivity index (χ1v) is 6.71. The van der Waals surface area contributed by atoms with Gasteiger partial charge in [0, 0.05) is 28.1 Å². The van der Waals surface area contributed by atoms with Gasteiger partial charge in [-0.1, -0.05) is 0 Å². The average Bonchev–Trinajstić information content (AvgIpc) is 2.49. The molecule has 0 aromatic carbocycles. The molecule has 1 aromatic rings. The van der Waals surface area contributed by atoms with E-state index in [9.17, 15) is 0 Å². The first-order valence-electron chi connectivity index (χ1n) is 4.50. The van der Waals surface area contributed by atoms with Crippen molar-refractivity contribution in [1.82, 2.24) is 5.32 Å². The quantitative estimate of drug-likeness (QED) is 0.810. The summed E-state index contributed by atoms with van der Waals surface area (Å²) in [7, 11) is 0. The normalized spacial score (nSPS) is 13.2. The van der Waals surface area contributed by atoms with E-state index in [1.54, 1.807) is 0 Å². The van der Waals surface area contributed by atoms with Crippen LogP contribution in [0.1, 0.15) is 16.7 Å². The van der Waals surface area contributed by atoms with Crippen molar-refractivity contribution in [1.29, 1.82) is 0 Å². The summed E-state index contributed by atoms with van der Waals surface area (Å²) in [6.45, 7) is 5.40. The highest BCUT2D eigenvalue weighted by Crippen LogP contribution is 2.14. The number of thiophene rings is 1. The second kappa shape index (κ2) is 5.68. The van der Waals surface area contributed by atoms with Gasteiger partial charge in [0.1, 0.15) is 0 Å². The van der Waals surface area contributed by atoms with Crippen LogP contribution < -0.4 is 5.32 Å². The van der Waals surface area contributed by atoms with Crippen LogP contribution in [-0.2, 0) is 6.54 Å². The molecule has 0 saturated carbocycles. The number of hydrogen-bond acceptors (Lipinski definition) is 3. The van der Waals surface area contributed by atoms with Crippen molar-refractivity contribution in [2.24, 2.45) is 0 Å². The standard InChI is InChI=1S/C10H17NS2/c1-8(7-12-3)11-6-10-5-4-9(2)13-10/h4-5,8,11H,6-7H2,1-3H3. The molecule has 0 aliphatic heterocycles. The van der Waals surface area contributed by atoms with Gasteiger partial charge in [0.15, 0.2) is 0 Å². The summed E-state index contributed by atoms with van der Waals surface area (Å²) in [5.41, 5.74) is 0. The van der Waals surface area contributed by atoms with Gasteiger partial charge in [-0.2, -0.15) is 11.8 Å². The Hall–Kier alpha value is 0.01000. The zero-order valence-corrected chi connectivity index (χ0v) is 10.1. The zero-order valence-electron chi connectivity index (χ0n) is 8.46. The molecule has 1 aromatic heterocycles. The summed E-state index contributed by atoms with van der Waals surface area (Å²) in [5.74, 6) is 1.18. The summed E-state index contributed by atoms with van der Waals surface area (Å²) in [4.78, 5) is 2.83. The first kappa shape index (κ1) is 11.1. The molecule has 0 saturated heterocycles. The van der Waals surface area contributed by atoms with Gasteiger partial charge in [-0.25, -0.2) is 0 Å². The molecule has 13 heavy (non-hydrogen) atoms. The van der Waals surface area contributed by atoms with Gasteiger partial charge < -0.3 is 5.32 Å². The van der Waals surface area contributed by atoms with Crippen molar-refractivity contribution in [2.75, 3.05) is 12.0 Å². The van der Waals surface area contributed by atoms with Crippen molar-refractivity contribution in [3.05, 3.63) is 21.9 Å². The van der Waals surface area contributed by atoms with E-state index in [2.05, 4.69) is 37.6 Å². The maximum absolute atomic E-state index is 3.50. The lowest BCUT2D eigenvalue weighted by Gasteiger charge is -2.10. The van der Waals surface area contributed by atoms with Crippen LogP contribution in [0.15, 0.2) is 12.1 Å². The molecule has 0 amide bonds. The van der Waals surface area contributed by atoms with Crippen molar-refractivity contribution in [2.45, 2.75) is 26.4 Å². The second-order valence-electron chi connectivity index (χ2n) is 3.25. The van der Waals surface area contributed by atoms with E-state index in [1.807, 2.05) is 23.1 Å². The van der Waals surface area contributed by atoms with Gasteiger partial charge in [0.25, 0.3) is 0 Å². The Balaban J connectivity index is 2.26. The van der Waals surface area contributed by atoms with Crippen molar-refractivity contribution in [3.8, 4) is 0 Å². The van der Waals surface area contributed by atoms with Crippen LogP contribution in [0.5, 0.6) is 0 Å². The molecule has 1 rings (SSSR count). The molecule has 0 fully saturated rings. The minimum Gasteiger partial charge on any atom is -0.309 e. The number of thioether (sulfide) groups is 1. The van der Waals surface area contributed by atoms with E-state index in [1.165, 1.54) is 15.5 Å². The predicted molar refractivity (Wildman–Crippen MR) is 63.7 cm³/mol. The maximum atomic E-state index is 3.50. The van der Waals surface area contributed by atoms with Gasteiger partial charge in [0.05, 0.1) is 0 Å². The molecule has 1 unspecified atom stereocenters. The lowest BCUT2D eigenvalue weighted by Crippen LogP contribution is -2.27. The monoisotopic (exact) mass is 215 g/mol. The summed E-state index contributed by atoms with van der Waals surface area (Å²) in [6.07, 6.45) is 2.15. The Morgan fingerprint density at radius 3 is 2.85 bits per heavy atom. The van der Waals surface area contributed by atoms with Crippen molar-refractivity contribution in [3.63, 3.8) is 0 Å². The van der Waals surface area contributed by atoms with Gasteiger partial charge in [0.2, 0.25) is 0 Å². The SMILES string of the molecule is CSCC(C)NCc1ccc(C)s1. The van der Waals surface area contributed by atoms with Gasteiger partial charge in [-0.15, -0.1) is 11.3 Å². The molecule has 1 nitrogen and oxygen atoms in total. The minimum atomic E-state index is 0.609. The fourth-order valence-electron chi connectivity index (χ4n) is 1.16. The van der Waals surface area contributed by atoms with E-state index in [0.717, 1.165) is 6.54 Å². The van der Waals surface area contributed by atoms with E-state index in [0.29, 0.717) is 6.04 Å². The Bertz CT molecular complexity index is 245. The van der Waals surface area contributed by atoms with Crippen molar-refractivity contribution >= 4 is 23.1 Å². The number of rotatable bonds is 5. The molecule has 1 heterocycles. The van der Waals surface area contributed by atoms with E-state index in [-0.39, 0.29) is 0 Å². The summed E-state index contributed by atoms with van der Waals surface area (Å²) >= 11 is 3.77. The summed E-state index contributed by atoms with van der Waals surface area (Å²) in [6, 6.07) is 5.00. The third-order valence-electron chi connectivity index (χ3n) is 1.84. The Morgan fingerprint density at radius 2 is 2.31 bits per heavy atom. The fraction of sp³-hybridized carbons (Fsp3) is 0.600. The smallest absolute Gasteiger partial charge is 0.0302 e. The zero-order chi connectivity index (χ0) is 9.68. The summed E-state index contributed by atoms with van der Waals surface area (Å²) < 4.78 is 0. The summed E-state index contributed by atoms with van der Waals surface area (Å²) in [5, 5.41) is 3.50. The van der Waals surface area contributed by atoms with Crippen LogP contribution in [0.2, 0.25) is 0 Å². The molecule has 0 spiro atoms. The van der Waals surface area contributed by atoms with E-state index < -0.39 is 0 Å². The number of nitrogens with one attached hydrogen (secondary N) is 1. The van der Waals surface area contributed by atoms with Gasteiger partial charge in [-0.3, -0.25) is 0 Å². The largest absolute Gasteiger partial charge is 0.309 e. The molecule has 74 valence electrons. The highest BCUT2D eigenvalue weighted by Gasteiger charge is 2.01. The topological polar surface area (TPSA) is 12.0 Å². The lowest BCUT2D eigenvalue weighted by molar-refractivity contribution is 0.601. The lowest BCUT2D eigenvalue weighted by atomic mass is 10.3. The predicted octanol–water partition coefficient (Wildman–Crippen LogP) is 2.90. The number of hydrogen-bond donors (Lipinski definition) is 1. The van der Waals surface area contributed by atoms with Gasteiger partial charge >= 0.3 is 0 Å². The minimum absolute atomic E-state index is 0.609. The maximum Gasteiger partial charge on any atom is 0.0302 e. The molecule has 0 bridgehead atoms. The molecule has 0 radical (unpaired) electrons. The fourth-order valence-corrected chi connectivity index (χ4v) is 2.62. The molecular weight excluding hydrogens is 198 g/mol. The van der Waals surface area contributed by atoms with Crippen LogP contribution in [0.25, 0.3) is 0 Å². The molecule has 0 aliphatic carbocycles. The Labute approximate surface area is 88.9 Å². The average molecular weight is 215 g/mol. The van der Waals surface area contributed by atoms with Gasteiger partial charge in [-0.05, 0) is 32.2 Å². The number of aryl methyl sites for hydroxylation is 1. The van der Waals surface area contributed by atoms with Crippen molar-refractivity contribution < 1.29 is 0 Å². The van der Waals surface area contributed by atoms with Crippen LogP contribution in [0.4, 0.5) is 0 Å². The molecule has 1 N–H and O–H groups in total. The molecule has 0 aliphatic rings. The second-order valence-corrected chi connectivity index (χ2v) is 5.53. The van der Waals surface area contributed by atoms with Crippen LogP contribution in [0.3, 0.4) is 0 Å². The third kappa shape index (κ3) is 4.16. The highest BCUT2D eigenvalue weighted by atomic mass is 32.2. The molecule has 3 heteroatoms. The third-order valence-corrected chi connectivity index (χ3v) is 3.67. The first-order chi connectivity index (χ1) is 6.22. The molecule has 1 atom stereocenters. The highest BCUT2D eigenvalue weighted by molar-refractivity contribution is 7.98. The van der Waals surface area contributed by atoms with E-state index >= 15 is 0 Å². The Kier molecular flexibility index (Phi) is 4.84. The molecular formula is C10H17NS2. The van der Waals surface area contributed by atoms with Crippen LogP contribution in [-0.4, -0.2) is 18.1 Å². The van der Waals surface area contributed by atoms with Crippen LogP contribution in [0, 0.1) is 6.92 Å². The Morgan fingerprint density at radius 1 is 1.54 bits per heavy atom. The van der Waals surface area contributed by atoms with Crippen LogP contribution >= 0.6 is 23.1 Å².